The molecular formula is C25H20O3S. The highest BCUT2D eigenvalue weighted by atomic mass is 32.1. The molecule has 4 aromatic rings. The Morgan fingerprint density at radius 1 is 0.828 bits per heavy atom. The van der Waals surface area contributed by atoms with E-state index in [4.69, 9.17) is 4.74 Å². The number of benzene rings is 3. The van der Waals surface area contributed by atoms with Crippen LogP contribution in [0, 0.1) is 0 Å². The van der Waals surface area contributed by atoms with Crippen LogP contribution in [0.3, 0.4) is 0 Å². The number of hydrogen-bond donors (Lipinski definition) is 0. The first-order valence-electron chi connectivity index (χ1n) is 9.47. The fourth-order valence-corrected chi connectivity index (χ4v) is 4.32. The van der Waals surface area contributed by atoms with E-state index in [-0.39, 0.29) is 11.6 Å². The van der Waals surface area contributed by atoms with Crippen LogP contribution in [0.4, 0.5) is 0 Å². The van der Waals surface area contributed by atoms with E-state index in [1.807, 2.05) is 78.9 Å². The van der Waals surface area contributed by atoms with Crippen LogP contribution in [0.25, 0.3) is 10.1 Å². The van der Waals surface area contributed by atoms with Gasteiger partial charge in [0.2, 0.25) is 5.78 Å². The smallest absolute Gasteiger partial charge is 0.206 e. The number of Topliss-reactive ketones (excluding diaryl/α,β-unsaturated/α-hetero) is 1. The molecule has 0 aliphatic carbocycles. The Labute approximate surface area is 173 Å². The summed E-state index contributed by atoms with van der Waals surface area (Å²) in [5.74, 6) is 0.689. The zero-order valence-corrected chi connectivity index (χ0v) is 16.9. The van der Waals surface area contributed by atoms with Crippen LogP contribution >= 0.6 is 11.3 Å². The lowest BCUT2D eigenvalue weighted by molar-refractivity contribution is 0.101. The third-order valence-corrected chi connectivity index (χ3v) is 5.94. The van der Waals surface area contributed by atoms with Crippen molar-refractivity contribution in [3.05, 3.63) is 100 Å². The number of carbonyl (C=O) groups is 2. The molecule has 0 amide bonds. The van der Waals surface area contributed by atoms with Crippen LogP contribution in [-0.4, -0.2) is 18.2 Å². The molecule has 0 fully saturated rings. The molecule has 0 saturated carbocycles. The Morgan fingerprint density at radius 3 is 2.24 bits per heavy atom. The van der Waals surface area contributed by atoms with Gasteiger partial charge in [-0.2, -0.15) is 0 Å². The molecule has 1 aromatic heterocycles. The van der Waals surface area contributed by atoms with Crippen LogP contribution in [-0.2, 0) is 6.42 Å². The van der Waals surface area contributed by atoms with Gasteiger partial charge < -0.3 is 4.74 Å². The van der Waals surface area contributed by atoms with Gasteiger partial charge in [0.25, 0.3) is 0 Å². The van der Waals surface area contributed by atoms with Gasteiger partial charge in [0, 0.05) is 27.6 Å². The molecule has 0 unspecified atom stereocenters. The maximum atomic E-state index is 13.1. The Morgan fingerprint density at radius 2 is 1.52 bits per heavy atom. The Bertz CT molecular complexity index is 1160. The van der Waals surface area contributed by atoms with Crippen molar-refractivity contribution in [2.75, 3.05) is 6.61 Å². The molecular weight excluding hydrogens is 380 g/mol. The number of carbonyl (C=O) groups excluding carboxylic acids is 2. The van der Waals surface area contributed by atoms with Crippen molar-refractivity contribution >= 4 is 33.0 Å². The quantitative estimate of drug-likeness (QED) is 0.360. The van der Waals surface area contributed by atoms with Crippen molar-refractivity contribution in [2.45, 2.75) is 13.3 Å². The molecule has 4 heteroatoms. The highest BCUT2D eigenvalue weighted by Gasteiger charge is 2.21. The average Bonchev–Trinajstić information content (AvgIpc) is 3.13. The Hall–Kier alpha value is -3.24. The highest BCUT2D eigenvalue weighted by Crippen LogP contribution is 2.39. The van der Waals surface area contributed by atoms with E-state index in [0.717, 1.165) is 15.6 Å². The summed E-state index contributed by atoms with van der Waals surface area (Å²) in [6.45, 7) is 2.01. The van der Waals surface area contributed by atoms with E-state index in [0.29, 0.717) is 34.8 Å². The number of thiophene rings is 1. The summed E-state index contributed by atoms with van der Waals surface area (Å²) in [7, 11) is 0. The molecule has 3 nitrogen and oxygen atoms in total. The predicted molar refractivity (Wildman–Crippen MR) is 117 cm³/mol. The van der Waals surface area contributed by atoms with Crippen molar-refractivity contribution in [3.8, 4) is 5.75 Å². The van der Waals surface area contributed by atoms with Crippen molar-refractivity contribution in [3.63, 3.8) is 0 Å². The largest absolute Gasteiger partial charge is 0.491 e. The Kier molecular flexibility index (Phi) is 5.54. The number of fused-ring (bicyclic) bond motifs is 1. The van der Waals surface area contributed by atoms with E-state index in [1.165, 1.54) is 11.3 Å². The third kappa shape index (κ3) is 4.13. The molecule has 0 atom stereocenters. The molecule has 29 heavy (non-hydrogen) atoms. The van der Waals surface area contributed by atoms with Crippen molar-refractivity contribution < 1.29 is 14.3 Å². The minimum absolute atomic E-state index is 0.0207. The second-order valence-corrected chi connectivity index (χ2v) is 7.86. The van der Waals surface area contributed by atoms with Crippen LogP contribution < -0.4 is 4.74 Å². The lowest BCUT2D eigenvalue weighted by Crippen LogP contribution is -2.06. The first-order chi connectivity index (χ1) is 14.1. The zero-order chi connectivity index (χ0) is 20.2. The summed E-state index contributed by atoms with van der Waals surface area (Å²) in [6, 6.07) is 24.8. The van der Waals surface area contributed by atoms with Crippen molar-refractivity contribution in [2.24, 2.45) is 0 Å². The Balaban J connectivity index is 1.57. The van der Waals surface area contributed by atoms with E-state index < -0.39 is 0 Å². The number of hydrogen-bond acceptors (Lipinski definition) is 4. The number of ether oxygens (including phenoxy) is 1. The van der Waals surface area contributed by atoms with E-state index in [1.54, 1.807) is 6.92 Å². The second kappa shape index (κ2) is 8.41. The lowest BCUT2D eigenvalue weighted by Gasteiger charge is -2.08. The molecule has 0 saturated heterocycles. The van der Waals surface area contributed by atoms with Gasteiger partial charge >= 0.3 is 0 Å². The van der Waals surface area contributed by atoms with Gasteiger partial charge in [0.15, 0.2) is 5.78 Å². The normalized spacial score (nSPS) is 10.8. The summed E-state index contributed by atoms with van der Waals surface area (Å²) < 4.78 is 7.17. The predicted octanol–water partition coefficient (Wildman–Crippen LogP) is 5.96. The molecule has 4 rings (SSSR count). The van der Waals surface area contributed by atoms with E-state index in [2.05, 4.69) is 0 Å². The minimum Gasteiger partial charge on any atom is -0.491 e. The van der Waals surface area contributed by atoms with E-state index in [9.17, 15) is 9.59 Å². The monoisotopic (exact) mass is 400 g/mol. The van der Waals surface area contributed by atoms with Crippen LogP contribution in [0.1, 0.15) is 38.1 Å². The van der Waals surface area contributed by atoms with Gasteiger partial charge in [-0.05, 0) is 24.6 Å². The summed E-state index contributed by atoms with van der Waals surface area (Å²) in [4.78, 5) is 25.1. The molecule has 3 aromatic carbocycles. The van der Waals surface area contributed by atoms with Gasteiger partial charge in [0.05, 0.1) is 6.61 Å². The fraction of sp³-hybridized carbons (Fsp3) is 0.120. The van der Waals surface area contributed by atoms with Crippen molar-refractivity contribution in [1.29, 1.82) is 0 Å². The van der Waals surface area contributed by atoms with Crippen molar-refractivity contribution in [1.82, 2.24) is 0 Å². The standard InChI is InChI=1S/C25H20O3S/c1-17(26)19-13-11-18(12-14-19)15-16-28-24-21-9-5-6-10-22(21)29-25(24)23(27)20-7-3-2-4-8-20/h2-14H,15-16H2,1H3. The summed E-state index contributed by atoms with van der Waals surface area (Å²) in [6.07, 6.45) is 0.696. The van der Waals surface area contributed by atoms with Gasteiger partial charge in [-0.1, -0.05) is 66.7 Å². The fourth-order valence-electron chi connectivity index (χ4n) is 3.21. The first-order valence-corrected chi connectivity index (χ1v) is 10.3. The molecule has 0 aliphatic rings. The summed E-state index contributed by atoms with van der Waals surface area (Å²) in [5.41, 5.74) is 2.45. The molecule has 144 valence electrons. The third-order valence-electron chi connectivity index (χ3n) is 4.79. The minimum atomic E-state index is -0.0207. The zero-order valence-electron chi connectivity index (χ0n) is 16.1. The van der Waals surface area contributed by atoms with Gasteiger partial charge in [-0.15, -0.1) is 11.3 Å². The molecule has 0 aliphatic heterocycles. The summed E-state index contributed by atoms with van der Waals surface area (Å²) >= 11 is 1.47. The molecule has 1 heterocycles. The lowest BCUT2D eigenvalue weighted by atomic mass is 10.1. The summed E-state index contributed by atoms with van der Waals surface area (Å²) in [5, 5.41) is 0.962. The first kappa shape index (κ1) is 19.1. The number of rotatable bonds is 7. The average molecular weight is 400 g/mol. The van der Waals surface area contributed by atoms with Crippen LogP contribution in [0.15, 0.2) is 78.9 Å². The van der Waals surface area contributed by atoms with Gasteiger partial charge in [-0.25, -0.2) is 0 Å². The van der Waals surface area contributed by atoms with Crippen LogP contribution in [0.2, 0.25) is 0 Å². The molecule has 0 spiro atoms. The maximum Gasteiger partial charge on any atom is 0.206 e. The second-order valence-electron chi connectivity index (χ2n) is 6.80. The molecule has 0 bridgehead atoms. The maximum absolute atomic E-state index is 13.1. The van der Waals surface area contributed by atoms with E-state index >= 15 is 0 Å². The molecule has 0 N–H and O–H groups in total. The van der Waals surface area contributed by atoms with Crippen LogP contribution in [0.5, 0.6) is 5.75 Å². The topological polar surface area (TPSA) is 43.4 Å². The SMILES string of the molecule is CC(=O)c1ccc(CCOc2c(C(=O)c3ccccc3)sc3ccccc23)cc1. The number of ketones is 2. The highest BCUT2D eigenvalue weighted by molar-refractivity contribution is 7.21. The van der Waals surface area contributed by atoms with Gasteiger partial charge in [-0.3, -0.25) is 9.59 Å². The molecule has 0 radical (unpaired) electrons. The van der Waals surface area contributed by atoms with Gasteiger partial charge in [0.1, 0.15) is 10.6 Å².